The number of rotatable bonds is 5. The number of aromatic amines is 1. The summed E-state index contributed by atoms with van der Waals surface area (Å²) >= 11 is 0. The number of para-hydroxylation sites is 1. The molecule has 0 radical (unpaired) electrons. The van der Waals surface area contributed by atoms with Gasteiger partial charge in [0.05, 0.1) is 12.3 Å². The van der Waals surface area contributed by atoms with Crippen molar-refractivity contribution in [3.05, 3.63) is 36.0 Å². The lowest BCUT2D eigenvalue weighted by Gasteiger charge is -2.30. The second kappa shape index (κ2) is 7.38. The lowest BCUT2D eigenvalue weighted by molar-refractivity contribution is -0.123. The van der Waals surface area contributed by atoms with Crippen molar-refractivity contribution >= 4 is 11.8 Å². The predicted octanol–water partition coefficient (Wildman–Crippen LogP) is 1.81. The minimum Gasteiger partial charge on any atom is -0.493 e. The largest absolute Gasteiger partial charge is 0.493 e. The molecule has 1 aromatic heterocycles. The summed E-state index contributed by atoms with van der Waals surface area (Å²) in [7, 11) is 0. The van der Waals surface area contributed by atoms with Gasteiger partial charge in [0.1, 0.15) is 11.4 Å². The second-order valence-corrected chi connectivity index (χ2v) is 6.06. The molecule has 3 rings (SSSR count). The van der Waals surface area contributed by atoms with Gasteiger partial charge in [-0.15, -0.1) is 0 Å². The molecule has 1 aliphatic rings. The lowest BCUT2D eigenvalue weighted by Crippen LogP contribution is -2.41. The Morgan fingerprint density at radius 2 is 2.04 bits per heavy atom. The molecule has 7 heteroatoms. The molecule has 0 spiro atoms. The maximum absolute atomic E-state index is 12.6. The molecule has 1 aliphatic heterocycles. The summed E-state index contributed by atoms with van der Waals surface area (Å²) < 4.78 is 5.62. The van der Waals surface area contributed by atoms with Crippen LogP contribution in [0.15, 0.2) is 30.3 Å². The average Bonchev–Trinajstić information content (AvgIpc) is 3.12. The Balaban J connectivity index is 1.74. The van der Waals surface area contributed by atoms with Gasteiger partial charge >= 0.3 is 0 Å². The van der Waals surface area contributed by atoms with Crippen molar-refractivity contribution < 1.29 is 14.3 Å². The van der Waals surface area contributed by atoms with E-state index < -0.39 is 0 Å². The number of carbonyl (C=O) groups excluding carboxylic acids is 2. The molecule has 0 atom stereocenters. The van der Waals surface area contributed by atoms with Gasteiger partial charge in [0.25, 0.3) is 5.91 Å². The molecule has 2 heterocycles. The summed E-state index contributed by atoms with van der Waals surface area (Å²) in [5.74, 6) is 0.191. The summed E-state index contributed by atoms with van der Waals surface area (Å²) in [4.78, 5) is 25.6. The van der Waals surface area contributed by atoms with Crippen molar-refractivity contribution in [1.82, 2.24) is 15.1 Å². The standard InChI is InChI=1S/C18H22N4O3/c1-2-25-16-6-4-3-5-13(16)14-11-15(21-20-14)18(24)22-9-7-12(8-10-22)17(19)23/h3-6,11-12H,2,7-10H2,1H3,(H2,19,23)(H,20,21). The first-order valence-electron chi connectivity index (χ1n) is 8.46. The van der Waals surface area contributed by atoms with Gasteiger partial charge in [0.15, 0.2) is 0 Å². The van der Waals surface area contributed by atoms with Crippen LogP contribution in [0.2, 0.25) is 0 Å². The Morgan fingerprint density at radius 3 is 2.72 bits per heavy atom. The van der Waals surface area contributed by atoms with Gasteiger partial charge in [-0.1, -0.05) is 12.1 Å². The zero-order valence-corrected chi connectivity index (χ0v) is 14.2. The molecule has 25 heavy (non-hydrogen) atoms. The molecule has 1 aromatic carbocycles. The fraction of sp³-hybridized carbons (Fsp3) is 0.389. The van der Waals surface area contributed by atoms with Crippen LogP contribution in [0.1, 0.15) is 30.3 Å². The van der Waals surface area contributed by atoms with E-state index >= 15 is 0 Å². The zero-order chi connectivity index (χ0) is 17.8. The number of hydrogen-bond acceptors (Lipinski definition) is 4. The van der Waals surface area contributed by atoms with Crippen LogP contribution < -0.4 is 10.5 Å². The molecule has 1 saturated heterocycles. The smallest absolute Gasteiger partial charge is 0.271 e. The molecule has 2 aromatic rings. The topological polar surface area (TPSA) is 101 Å². The molecule has 1 fully saturated rings. The monoisotopic (exact) mass is 342 g/mol. The van der Waals surface area contributed by atoms with E-state index in [1.807, 2.05) is 31.2 Å². The van der Waals surface area contributed by atoms with Crippen LogP contribution in [0.3, 0.4) is 0 Å². The minimum absolute atomic E-state index is 0.115. The Hall–Kier alpha value is -2.83. The van der Waals surface area contributed by atoms with Crippen molar-refractivity contribution in [3.63, 3.8) is 0 Å². The lowest BCUT2D eigenvalue weighted by atomic mass is 9.96. The quantitative estimate of drug-likeness (QED) is 0.865. The third kappa shape index (κ3) is 3.65. The SMILES string of the molecule is CCOc1ccccc1-c1cc(C(=O)N2CCC(C(N)=O)CC2)[nH]n1. The third-order valence-electron chi connectivity index (χ3n) is 4.46. The highest BCUT2D eigenvalue weighted by Crippen LogP contribution is 2.29. The number of aromatic nitrogens is 2. The van der Waals surface area contributed by atoms with Gasteiger partial charge < -0.3 is 15.4 Å². The highest BCUT2D eigenvalue weighted by atomic mass is 16.5. The van der Waals surface area contributed by atoms with Gasteiger partial charge in [0, 0.05) is 24.6 Å². The van der Waals surface area contributed by atoms with Gasteiger partial charge in [-0.2, -0.15) is 5.10 Å². The zero-order valence-electron chi connectivity index (χ0n) is 14.2. The second-order valence-electron chi connectivity index (χ2n) is 6.06. The Morgan fingerprint density at radius 1 is 1.32 bits per heavy atom. The van der Waals surface area contributed by atoms with Crippen LogP contribution in [0, 0.1) is 5.92 Å². The van der Waals surface area contributed by atoms with E-state index in [1.165, 1.54) is 0 Å². The summed E-state index contributed by atoms with van der Waals surface area (Å²) in [6, 6.07) is 9.33. The number of benzene rings is 1. The number of hydrogen-bond donors (Lipinski definition) is 2. The molecule has 0 saturated carbocycles. The van der Waals surface area contributed by atoms with Crippen LogP contribution in [-0.2, 0) is 4.79 Å². The average molecular weight is 342 g/mol. The van der Waals surface area contributed by atoms with E-state index in [2.05, 4.69) is 10.2 Å². The molecule has 2 amide bonds. The number of carbonyl (C=O) groups is 2. The number of primary amides is 1. The van der Waals surface area contributed by atoms with Gasteiger partial charge in [-0.3, -0.25) is 14.7 Å². The van der Waals surface area contributed by atoms with E-state index in [9.17, 15) is 9.59 Å². The van der Waals surface area contributed by atoms with Crippen LogP contribution in [0.4, 0.5) is 0 Å². The molecule has 132 valence electrons. The maximum Gasteiger partial charge on any atom is 0.271 e. The Bertz CT molecular complexity index is 763. The number of H-pyrrole nitrogens is 1. The van der Waals surface area contributed by atoms with E-state index in [0.29, 0.717) is 43.9 Å². The third-order valence-corrected chi connectivity index (χ3v) is 4.46. The fourth-order valence-corrected chi connectivity index (χ4v) is 3.07. The number of nitrogens with one attached hydrogen (secondary N) is 1. The highest BCUT2D eigenvalue weighted by molar-refractivity contribution is 5.93. The molecule has 0 unspecified atom stereocenters. The van der Waals surface area contributed by atoms with Crippen LogP contribution in [-0.4, -0.2) is 46.6 Å². The van der Waals surface area contributed by atoms with Crippen LogP contribution >= 0.6 is 0 Å². The summed E-state index contributed by atoms with van der Waals surface area (Å²) in [6.45, 7) is 3.53. The molecule has 7 nitrogen and oxygen atoms in total. The Kier molecular flexibility index (Phi) is 5.02. The molecule has 0 bridgehead atoms. The van der Waals surface area contributed by atoms with Crippen molar-refractivity contribution in [2.45, 2.75) is 19.8 Å². The first kappa shape index (κ1) is 17.0. The number of amides is 2. The first-order chi connectivity index (χ1) is 12.1. The van der Waals surface area contributed by atoms with Crippen LogP contribution in [0.25, 0.3) is 11.3 Å². The van der Waals surface area contributed by atoms with Crippen molar-refractivity contribution in [2.24, 2.45) is 11.7 Å². The number of piperidine rings is 1. The van der Waals surface area contributed by atoms with Gasteiger partial charge in [-0.05, 0) is 38.0 Å². The maximum atomic E-state index is 12.6. The Labute approximate surface area is 146 Å². The predicted molar refractivity (Wildman–Crippen MR) is 93.0 cm³/mol. The molecular formula is C18H22N4O3. The van der Waals surface area contributed by atoms with E-state index in [-0.39, 0.29) is 17.7 Å². The first-order valence-corrected chi connectivity index (χ1v) is 8.46. The van der Waals surface area contributed by atoms with Crippen molar-refractivity contribution in [3.8, 4) is 17.0 Å². The number of nitrogens with zero attached hydrogens (tertiary/aromatic N) is 2. The fourth-order valence-electron chi connectivity index (χ4n) is 3.07. The van der Waals surface area contributed by atoms with Crippen molar-refractivity contribution in [1.29, 1.82) is 0 Å². The number of nitrogens with two attached hydrogens (primary N) is 1. The molecule has 3 N–H and O–H groups in total. The normalized spacial score (nSPS) is 15.2. The number of ether oxygens (including phenoxy) is 1. The molecular weight excluding hydrogens is 320 g/mol. The van der Waals surface area contributed by atoms with E-state index in [1.54, 1.807) is 11.0 Å². The van der Waals surface area contributed by atoms with E-state index in [0.717, 1.165) is 11.3 Å². The highest BCUT2D eigenvalue weighted by Gasteiger charge is 2.27. The van der Waals surface area contributed by atoms with Crippen molar-refractivity contribution in [2.75, 3.05) is 19.7 Å². The summed E-state index contributed by atoms with van der Waals surface area (Å²) in [5.41, 5.74) is 7.27. The summed E-state index contributed by atoms with van der Waals surface area (Å²) in [6.07, 6.45) is 1.21. The minimum atomic E-state index is -0.288. The van der Waals surface area contributed by atoms with E-state index in [4.69, 9.17) is 10.5 Å². The van der Waals surface area contributed by atoms with Gasteiger partial charge in [0.2, 0.25) is 5.91 Å². The number of likely N-dealkylation sites (tertiary alicyclic amines) is 1. The molecule has 0 aliphatic carbocycles. The summed E-state index contributed by atoms with van der Waals surface area (Å²) in [5, 5.41) is 7.08. The van der Waals surface area contributed by atoms with Gasteiger partial charge in [-0.25, -0.2) is 0 Å². The van der Waals surface area contributed by atoms with Crippen LogP contribution in [0.5, 0.6) is 5.75 Å².